The summed E-state index contributed by atoms with van der Waals surface area (Å²) < 4.78 is 1.72. The Morgan fingerprint density at radius 3 is 2.13 bits per heavy atom. The lowest BCUT2D eigenvalue weighted by molar-refractivity contribution is -0.122. The van der Waals surface area contributed by atoms with Gasteiger partial charge in [0.2, 0.25) is 11.3 Å². The van der Waals surface area contributed by atoms with Gasteiger partial charge in [0.1, 0.15) is 0 Å². The molecule has 156 valence electrons. The lowest BCUT2D eigenvalue weighted by Gasteiger charge is -2.26. The van der Waals surface area contributed by atoms with Gasteiger partial charge in [0.05, 0.1) is 18.3 Å². The number of nitrogens with one attached hydrogen (secondary N) is 1. The molecule has 1 aromatic heterocycles. The van der Waals surface area contributed by atoms with Crippen LogP contribution in [-0.4, -0.2) is 21.7 Å². The molecule has 0 aliphatic rings. The van der Waals surface area contributed by atoms with Gasteiger partial charge in [-0.3, -0.25) is 14.3 Å². The van der Waals surface area contributed by atoms with Crippen LogP contribution in [0, 0.1) is 0 Å². The molecule has 0 saturated heterocycles. The van der Waals surface area contributed by atoms with E-state index in [0.29, 0.717) is 11.9 Å². The molecule has 0 aliphatic heterocycles. The van der Waals surface area contributed by atoms with Gasteiger partial charge in [-0.1, -0.05) is 72.8 Å². The molecule has 0 fully saturated rings. The highest BCUT2D eigenvalue weighted by Gasteiger charge is 2.22. The van der Waals surface area contributed by atoms with Crippen molar-refractivity contribution in [1.82, 2.24) is 15.1 Å². The van der Waals surface area contributed by atoms with E-state index in [9.17, 15) is 9.59 Å². The quantitative estimate of drug-likeness (QED) is 0.497. The lowest BCUT2D eigenvalue weighted by atomic mass is 9.86. The summed E-state index contributed by atoms with van der Waals surface area (Å²) >= 11 is 0. The number of carbonyl (C=O) groups excluding carboxylic acids is 1. The summed E-state index contributed by atoms with van der Waals surface area (Å²) in [5.74, 6) is 0.00616. The normalized spacial score (nSPS) is 12.1. The summed E-state index contributed by atoms with van der Waals surface area (Å²) in [6.07, 6.45) is 1.59. The van der Waals surface area contributed by atoms with Crippen LogP contribution in [0.3, 0.4) is 0 Å². The highest BCUT2D eigenvalue weighted by atomic mass is 16.1. The van der Waals surface area contributed by atoms with Crippen molar-refractivity contribution in [3.8, 4) is 0 Å². The largest absolute Gasteiger partial charge is 0.353 e. The molecule has 4 aromatic rings. The third-order valence-corrected chi connectivity index (χ3v) is 5.52. The van der Waals surface area contributed by atoms with Crippen molar-refractivity contribution < 1.29 is 4.79 Å². The van der Waals surface area contributed by atoms with E-state index in [1.54, 1.807) is 10.7 Å². The van der Waals surface area contributed by atoms with Gasteiger partial charge >= 0.3 is 0 Å². The van der Waals surface area contributed by atoms with Crippen molar-refractivity contribution >= 4 is 16.8 Å². The molecule has 0 saturated carbocycles. The number of hydrogen-bond acceptors (Lipinski definition) is 3. The zero-order chi connectivity index (χ0) is 21.6. The van der Waals surface area contributed by atoms with Crippen LogP contribution in [0.25, 0.3) is 10.9 Å². The molecule has 1 N–H and O–H groups in total. The maximum Gasteiger partial charge on any atom is 0.222 e. The van der Waals surface area contributed by atoms with Gasteiger partial charge in [-0.2, -0.15) is 5.10 Å². The number of para-hydroxylation sites is 1. The Balaban J connectivity index is 1.49. The zero-order valence-corrected chi connectivity index (χ0v) is 17.4. The van der Waals surface area contributed by atoms with Crippen LogP contribution in [-0.2, 0) is 11.3 Å². The van der Waals surface area contributed by atoms with E-state index >= 15 is 0 Å². The molecular formula is C26H25N3O2. The fourth-order valence-corrected chi connectivity index (χ4v) is 4.05. The molecular weight excluding hydrogens is 386 g/mol. The third-order valence-electron chi connectivity index (χ3n) is 5.52. The summed E-state index contributed by atoms with van der Waals surface area (Å²) in [6.45, 7) is 2.44. The molecule has 1 amide bonds. The summed E-state index contributed by atoms with van der Waals surface area (Å²) in [4.78, 5) is 24.8. The molecule has 1 atom stereocenters. The Morgan fingerprint density at radius 2 is 1.48 bits per heavy atom. The Labute approximate surface area is 181 Å². The zero-order valence-electron chi connectivity index (χ0n) is 17.4. The molecule has 0 aliphatic carbocycles. The Bertz CT molecular complexity index is 1180. The van der Waals surface area contributed by atoms with E-state index in [4.69, 9.17) is 0 Å². The predicted octanol–water partition coefficient (Wildman–Crippen LogP) is 4.12. The van der Waals surface area contributed by atoms with Crippen LogP contribution < -0.4 is 10.7 Å². The summed E-state index contributed by atoms with van der Waals surface area (Å²) in [7, 11) is 0. The van der Waals surface area contributed by atoms with Gasteiger partial charge in [-0.15, -0.1) is 0 Å². The van der Waals surface area contributed by atoms with Crippen molar-refractivity contribution in [3.05, 3.63) is 112 Å². The third kappa shape index (κ3) is 4.72. The second-order valence-electron chi connectivity index (χ2n) is 7.65. The van der Waals surface area contributed by atoms with Gasteiger partial charge in [0.15, 0.2) is 0 Å². The number of benzene rings is 3. The number of carbonyl (C=O) groups is 1. The number of rotatable bonds is 7. The standard InChI is InChI=1S/C26H25N3O2/c1-19(26(20-10-4-2-5-11-20)21-12-6-3-7-13-21)28-25(31)16-17-29-23-15-9-8-14-22(23)24(30)18-27-29/h2-15,18-19,26H,16-17H2,1H3,(H,28,31). The number of amides is 1. The monoisotopic (exact) mass is 411 g/mol. The van der Waals surface area contributed by atoms with Crippen molar-refractivity contribution in [2.75, 3.05) is 0 Å². The summed E-state index contributed by atoms with van der Waals surface area (Å²) in [5, 5.41) is 7.99. The van der Waals surface area contributed by atoms with Crippen molar-refractivity contribution in [3.63, 3.8) is 0 Å². The second kappa shape index (κ2) is 9.39. The first-order chi connectivity index (χ1) is 15.1. The van der Waals surface area contributed by atoms with Gasteiger partial charge < -0.3 is 5.32 Å². The number of fused-ring (bicyclic) bond motifs is 1. The molecule has 5 heteroatoms. The maximum absolute atomic E-state index is 12.8. The summed E-state index contributed by atoms with van der Waals surface area (Å²) in [5.41, 5.74) is 2.95. The van der Waals surface area contributed by atoms with Crippen molar-refractivity contribution in [1.29, 1.82) is 0 Å². The van der Waals surface area contributed by atoms with Crippen molar-refractivity contribution in [2.24, 2.45) is 0 Å². The maximum atomic E-state index is 12.8. The Morgan fingerprint density at radius 1 is 0.903 bits per heavy atom. The molecule has 3 aromatic carbocycles. The minimum atomic E-state index is -0.113. The van der Waals surface area contributed by atoms with Crippen LogP contribution in [0.5, 0.6) is 0 Å². The molecule has 0 spiro atoms. The van der Waals surface area contributed by atoms with Gasteiger partial charge in [0, 0.05) is 23.8 Å². The minimum Gasteiger partial charge on any atom is -0.353 e. The van der Waals surface area contributed by atoms with E-state index in [0.717, 1.165) is 16.6 Å². The number of hydrogen-bond donors (Lipinski definition) is 1. The fraction of sp³-hybridized carbons (Fsp3) is 0.192. The van der Waals surface area contributed by atoms with Crippen LogP contribution in [0.2, 0.25) is 0 Å². The van der Waals surface area contributed by atoms with E-state index in [2.05, 4.69) is 34.7 Å². The van der Waals surface area contributed by atoms with Gasteiger partial charge in [-0.05, 0) is 30.2 Å². The van der Waals surface area contributed by atoms with E-state index in [1.165, 1.54) is 6.20 Å². The molecule has 4 rings (SSSR count). The topological polar surface area (TPSA) is 64.0 Å². The van der Waals surface area contributed by atoms with Crippen LogP contribution >= 0.6 is 0 Å². The van der Waals surface area contributed by atoms with E-state index < -0.39 is 0 Å². The van der Waals surface area contributed by atoms with Crippen LogP contribution in [0.15, 0.2) is 95.9 Å². The molecule has 31 heavy (non-hydrogen) atoms. The molecule has 0 bridgehead atoms. The van der Waals surface area contributed by atoms with E-state index in [-0.39, 0.29) is 29.7 Å². The number of aromatic nitrogens is 2. The first kappa shape index (κ1) is 20.5. The highest BCUT2D eigenvalue weighted by Crippen LogP contribution is 2.28. The predicted molar refractivity (Wildman–Crippen MR) is 123 cm³/mol. The Kier molecular flexibility index (Phi) is 6.22. The van der Waals surface area contributed by atoms with Gasteiger partial charge in [-0.25, -0.2) is 0 Å². The van der Waals surface area contributed by atoms with E-state index in [1.807, 2.05) is 61.5 Å². The molecule has 5 nitrogen and oxygen atoms in total. The highest BCUT2D eigenvalue weighted by molar-refractivity contribution is 5.79. The number of aryl methyl sites for hydroxylation is 1. The SMILES string of the molecule is CC(NC(=O)CCn1ncc(=O)c2ccccc21)C(c1ccccc1)c1ccccc1. The second-order valence-corrected chi connectivity index (χ2v) is 7.65. The van der Waals surface area contributed by atoms with Crippen molar-refractivity contribution in [2.45, 2.75) is 31.8 Å². The first-order valence-corrected chi connectivity index (χ1v) is 10.5. The first-order valence-electron chi connectivity index (χ1n) is 10.5. The van der Waals surface area contributed by atoms with Crippen LogP contribution in [0.4, 0.5) is 0 Å². The number of nitrogens with zero attached hydrogens (tertiary/aromatic N) is 2. The lowest BCUT2D eigenvalue weighted by Crippen LogP contribution is -2.38. The molecule has 1 heterocycles. The average molecular weight is 412 g/mol. The smallest absolute Gasteiger partial charge is 0.222 e. The fourth-order valence-electron chi connectivity index (χ4n) is 4.05. The van der Waals surface area contributed by atoms with Crippen LogP contribution in [0.1, 0.15) is 30.4 Å². The molecule has 1 unspecified atom stereocenters. The molecule has 0 radical (unpaired) electrons. The summed E-state index contributed by atoms with van der Waals surface area (Å²) in [6, 6.07) is 27.7. The van der Waals surface area contributed by atoms with Gasteiger partial charge in [0.25, 0.3) is 0 Å². The minimum absolute atomic E-state index is 0.0473. The average Bonchev–Trinajstić information content (AvgIpc) is 2.80. The Hall–Kier alpha value is -3.73.